The van der Waals surface area contributed by atoms with Crippen molar-refractivity contribution >= 4 is 15.9 Å². The van der Waals surface area contributed by atoms with Gasteiger partial charge in [0, 0.05) is 38.7 Å². The van der Waals surface area contributed by atoms with Crippen molar-refractivity contribution < 1.29 is 17.9 Å². The lowest BCUT2D eigenvalue weighted by molar-refractivity contribution is 0.0771. The fraction of sp³-hybridized carbons (Fsp3) is 0.389. The molecule has 0 bridgehead atoms. The van der Waals surface area contributed by atoms with E-state index in [1.807, 2.05) is 13.0 Å². The van der Waals surface area contributed by atoms with Crippen LogP contribution >= 0.6 is 0 Å². The van der Waals surface area contributed by atoms with Gasteiger partial charge in [-0.2, -0.15) is 5.10 Å². The van der Waals surface area contributed by atoms with E-state index in [4.69, 9.17) is 4.74 Å². The molecular formula is C18H22N4O4S. The van der Waals surface area contributed by atoms with Crippen molar-refractivity contribution in [1.82, 2.24) is 19.4 Å². The highest BCUT2D eigenvalue weighted by Gasteiger charge is 2.29. The zero-order valence-electron chi connectivity index (χ0n) is 15.5. The van der Waals surface area contributed by atoms with Gasteiger partial charge in [-0.1, -0.05) is 0 Å². The van der Waals surface area contributed by atoms with E-state index in [0.29, 0.717) is 31.0 Å². The molecule has 27 heavy (non-hydrogen) atoms. The quantitative estimate of drug-likeness (QED) is 0.765. The predicted octanol–water partition coefficient (Wildman–Crippen LogP) is 1.33. The van der Waals surface area contributed by atoms with Crippen LogP contribution in [0.15, 0.2) is 41.3 Å². The normalized spacial score (nSPS) is 17.3. The molecule has 0 aliphatic carbocycles. The number of aryl methyl sites for hydroxylation is 1. The van der Waals surface area contributed by atoms with Crippen molar-refractivity contribution in [1.29, 1.82) is 0 Å². The van der Waals surface area contributed by atoms with E-state index in [9.17, 15) is 13.2 Å². The molecular weight excluding hydrogens is 368 g/mol. The number of benzene rings is 1. The summed E-state index contributed by atoms with van der Waals surface area (Å²) < 4.78 is 31.1. The third-order valence-electron chi connectivity index (χ3n) is 4.37. The van der Waals surface area contributed by atoms with Crippen LogP contribution in [-0.4, -0.2) is 67.0 Å². The summed E-state index contributed by atoms with van der Waals surface area (Å²) in [6.07, 6.45) is 0.563. The van der Waals surface area contributed by atoms with Crippen LogP contribution in [0.1, 0.15) is 22.5 Å². The second kappa shape index (κ2) is 7.61. The van der Waals surface area contributed by atoms with Crippen molar-refractivity contribution in [3.8, 4) is 5.88 Å². The minimum absolute atomic E-state index is 0.139. The first-order valence-corrected chi connectivity index (χ1v) is 10.0. The van der Waals surface area contributed by atoms with Crippen molar-refractivity contribution in [2.24, 2.45) is 0 Å². The van der Waals surface area contributed by atoms with Gasteiger partial charge in [-0.05, 0) is 37.3 Å². The van der Waals surface area contributed by atoms with Crippen molar-refractivity contribution in [3.63, 3.8) is 0 Å². The average Bonchev–Trinajstić information content (AvgIpc) is 3.11. The monoisotopic (exact) mass is 390 g/mol. The van der Waals surface area contributed by atoms with Gasteiger partial charge in [0.05, 0.1) is 17.1 Å². The molecule has 1 aromatic carbocycles. The van der Waals surface area contributed by atoms with E-state index in [2.05, 4.69) is 10.2 Å². The second-order valence-electron chi connectivity index (χ2n) is 6.60. The van der Waals surface area contributed by atoms with Crippen LogP contribution in [0.2, 0.25) is 0 Å². The van der Waals surface area contributed by atoms with Crippen LogP contribution in [0.5, 0.6) is 5.88 Å². The largest absolute Gasteiger partial charge is 0.471 e. The maximum Gasteiger partial charge on any atom is 0.253 e. The number of nitrogens with zero attached hydrogens (tertiary/aromatic N) is 4. The van der Waals surface area contributed by atoms with Crippen LogP contribution in [0.25, 0.3) is 0 Å². The fourth-order valence-electron chi connectivity index (χ4n) is 2.79. The Kier molecular flexibility index (Phi) is 5.43. The lowest BCUT2D eigenvalue weighted by Gasteiger charge is -2.17. The molecule has 1 aromatic heterocycles. The smallest absolute Gasteiger partial charge is 0.253 e. The van der Waals surface area contributed by atoms with E-state index >= 15 is 0 Å². The van der Waals surface area contributed by atoms with E-state index in [-0.39, 0.29) is 16.9 Å². The number of hydrogen-bond acceptors (Lipinski definition) is 6. The van der Waals surface area contributed by atoms with Crippen molar-refractivity contribution in [3.05, 3.63) is 47.7 Å². The lowest BCUT2D eigenvalue weighted by atomic mass is 10.2. The van der Waals surface area contributed by atoms with Gasteiger partial charge in [0.1, 0.15) is 6.10 Å². The predicted molar refractivity (Wildman–Crippen MR) is 99.0 cm³/mol. The first-order chi connectivity index (χ1) is 12.8. The Balaban J connectivity index is 1.64. The molecule has 9 heteroatoms. The highest BCUT2D eigenvalue weighted by Crippen LogP contribution is 2.20. The number of amides is 1. The van der Waals surface area contributed by atoms with Gasteiger partial charge in [-0.3, -0.25) is 4.79 Å². The standard InChI is InChI=1S/C18H22N4O4S/c1-13-4-9-17(20-19-13)26-15-10-11-22(12-15)18(23)14-5-7-16(8-6-14)27(24,25)21(2)3/h4-9,15H,10-12H2,1-3H3. The van der Waals surface area contributed by atoms with Crippen LogP contribution in [-0.2, 0) is 10.0 Å². The second-order valence-corrected chi connectivity index (χ2v) is 8.76. The number of aromatic nitrogens is 2. The first-order valence-electron chi connectivity index (χ1n) is 8.56. The maximum atomic E-state index is 12.7. The van der Waals surface area contributed by atoms with Crippen LogP contribution in [0, 0.1) is 6.92 Å². The third kappa shape index (κ3) is 4.25. The summed E-state index contributed by atoms with van der Waals surface area (Å²) in [5.74, 6) is 0.294. The van der Waals surface area contributed by atoms with Gasteiger partial charge in [-0.25, -0.2) is 12.7 Å². The van der Waals surface area contributed by atoms with Crippen LogP contribution in [0.3, 0.4) is 0 Å². The van der Waals surface area contributed by atoms with E-state index in [1.54, 1.807) is 23.1 Å². The van der Waals surface area contributed by atoms with Crippen LogP contribution in [0.4, 0.5) is 0 Å². The average molecular weight is 390 g/mol. The van der Waals surface area contributed by atoms with E-state index < -0.39 is 10.0 Å². The third-order valence-corrected chi connectivity index (χ3v) is 6.20. The molecule has 0 radical (unpaired) electrons. The summed E-state index contributed by atoms with van der Waals surface area (Å²) in [5, 5.41) is 7.94. The van der Waals surface area contributed by atoms with Gasteiger partial charge in [0.2, 0.25) is 15.9 Å². The Morgan fingerprint density at radius 2 is 1.85 bits per heavy atom. The summed E-state index contributed by atoms with van der Waals surface area (Å²) in [4.78, 5) is 14.5. The Morgan fingerprint density at radius 1 is 1.15 bits per heavy atom. The van der Waals surface area contributed by atoms with Crippen LogP contribution < -0.4 is 4.74 Å². The number of hydrogen-bond donors (Lipinski definition) is 0. The van der Waals surface area contributed by atoms with Gasteiger partial charge in [-0.15, -0.1) is 5.10 Å². The number of ether oxygens (including phenoxy) is 1. The molecule has 1 aliphatic rings. The summed E-state index contributed by atoms with van der Waals surface area (Å²) in [5.41, 5.74) is 1.26. The van der Waals surface area contributed by atoms with Crippen molar-refractivity contribution in [2.75, 3.05) is 27.2 Å². The highest BCUT2D eigenvalue weighted by atomic mass is 32.2. The minimum atomic E-state index is -3.51. The fourth-order valence-corrected chi connectivity index (χ4v) is 3.69. The number of likely N-dealkylation sites (tertiary alicyclic amines) is 1. The molecule has 1 unspecified atom stereocenters. The molecule has 1 saturated heterocycles. The van der Waals surface area contributed by atoms with Crippen molar-refractivity contribution in [2.45, 2.75) is 24.3 Å². The molecule has 2 aromatic rings. The summed E-state index contributed by atoms with van der Waals surface area (Å²) in [7, 11) is -0.570. The van der Waals surface area contributed by atoms with E-state index in [0.717, 1.165) is 10.00 Å². The van der Waals surface area contributed by atoms with Gasteiger partial charge in [0.15, 0.2) is 0 Å². The molecule has 1 atom stereocenters. The summed E-state index contributed by atoms with van der Waals surface area (Å²) in [6, 6.07) is 9.57. The minimum Gasteiger partial charge on any atom is -0.471 e. The summed E-state index contributed by atoms with van der Waals surface area (Å²) >= 11 is 0. The Bertz CT molecular complexity index is 911. The molecule has 3 rings (SSSR count). The topological polar surface area (TPSA) is 92.7 Å². The summed E-state index contributed by atoms with van der Waals surface area (Å²) in [6.45, 7) is 2.87. The van der Waals surface area contributed by atoms with Gasteiger partial charge >= 0.3 is 0 Å². The van der Waals surface area contributed by atoms with E-state index in [1.165, 1.54) is 26.2 Å². The molecule has 144 valence electrons. The number of rotatable bonds is 5. The SMILES string of the molecule is Cc1ccc(OC2CCN(C(=O)c3ccc(S(=O)(=O)N(C)C)cc3)C2)nn1. The molecule has 2 heterocycles. The number of carbonyl (C=O) groups is 1. The first kappa shape index (κ1) is 19.2. The Hall–Kier alpha value is -2.52. The molecule has 1 fully saturated rings. The number of carbonyl (C=O) groups excluding carboxylic acids is 1. The van der Waals surface area contributed by atoms with Gasteiger partial charge < -0.3 is 9.64 Å². The molecule has 0 spiro atoms. The zero-order valence-corrected chi connectivity index (χ0v) is 16.3. The highest BCUT2D eigenvalue weighted by molar-refractivity contribution is 7.89. The molecule has 0 saturated carbocycles. The number of sulfonamides is 1. The molecule has 0 N–H and O–H groups in total. The lowest BCUT2D eigenvalue weighted by Crippen LogP contribution is -2.31. The maximum absolute atomic E-state index is 12.7. The van der Waals surface area contributed by atoms with Gasteiger partial charge in [0.25, 0.3) is 5.91 Å². The Labute approximate surface area is 158 Å². The zero-order chi connectivity index (χ0) is 19.6. The molecule has 8 nitrogen and oxygen atoms in total. The molecule has 1 aliphatic heterocycles. The Morgan fingerprint density at radius 3 is 2.44 bits per heavy atom. The molecule has 1 amide bonds.